The minimum Gasteiger partial charge on any atom is -0.393 e. The zero-order chi connectivity index (χ0) is 15.5. The van der Waals surface area contributed by atoms with Gasteiger partial charge in [0, 0.05) is 30.6 Å². The van der Waals surface area contributed by atoms with E-state index in [0.717, 1.165) is 25.8 Å². The molecule has 118 valence electrons. The Labute approximate surface area is 130 Å². The predicted molar refractivity (Wildman–Crippen MR) is 79.5 cm³/mol. The van der Waals surface area contributed by atoms with Crippen molar-refractivity contribution in [3.63, 3.8) is 0 Å². The number of hydrogen-bond acceptors (Lipinski definition) is 4. The first-order chi connectivity index (χ1) is 10.7. The van der Waals surface area contributed by atoms with Crippen molar-refractivity contribution in [1.82, 2.24) is 4.90 Å². The van der Waals surface area contributed by atoms with E-state index in [0.29, 0.717) is 30.9 Å². The fraction of sp³-hybridized carbons (Fsp3) is 0.588. The Bertz CT molecular complexity index is 572. The fourth-order valence-corrected chi connectivity index (χ4v) is 3.63. The van der Waals surface area contributed by atoms with Crippen molar-refractivity contribution in [3.8, 4) is 6.07 Å². The molecule has 1 aromatic rings. The average Bonchev–Trinajstić information content (AvgIpc) is 2.96. The summed E-state index contributed by atoms with van der Waals surface area (Å²) in [6, 6.07) is 6.72. The standard InChI is InChI=1S/C17H21FN2O2/c18-15-8-12(9-19)4-5-13(15)10-20-6-7-22-11-16(20)14-2-1-3-17(14)21/h4-5,8,14,16-17,21H,1-3,6-7,10-11H2/t14-,16+,17+/m0/s1. The van der Waals surface area contributed by atoms with Crippen molar-refractivity contribution in [2.75, 3.05) is 19.8 Å². The Balaban J connectivity index is 1.75. The van der Waals surface area contributed by atoms with Crippen LogP contribution >= 0.6 is 0 Å². The van der Waals surface area contributed by atoms with E-state index in [4.69, 9.17) is 10.00 Å². The van der Waals surface area contributed by atoms with E-state index >= 15 is 0 Å². The second kappa shape index (κ2) is 6.74. The number of hydrogen-bond donors (Lipinski definition) is 1. The van der Waals surface area contributed by atoms with Crippen LogP contribution in [0.1, 0.15) is 30.4 Å². The van der Waals surface area contributed by atoms with Crippen LogP contribution in [0.2, 0.25) is 0 Å². The maximum Gasteiger partial charge on any atom is 0.129 e. The Morgan fingerprint density at radius 1 is 1.41 bits per heavy atom. The van der Waals surface area contributed by atoms with Crippen molar-refractivity contribution in [2.45, 2.75) is 38.0 Å². The number of ether oxygens (including phenoxy) is 1. The van der Waals surface area contributed by atoms with Crippen LogP contribution < -0.4 is 0 Å². The minimum atomic E-state index is -0.337. The second-order valence-corrected chi connectivity index (χ2v) is 6.19. The van der Waals surface area contributed by atoms with Crippen molar-refractivity contribution >= 4 is 0 Å². The molecule has 1 N–H and O–H groups in total. The third-order valence-electron chi connectivity index (χ3n) is 4.86. The molecular formula is C17H21FN2O2. The summed E-state index contributed by atoms with van der Waals surface area (Å²) in [5.41, 5.74) is 0.935. The van der Waals surface area contributed by atoms with Gasteiger partial charge in [-0.1, -0.05) is 12.5 Å². The lowest BCUT2D eigenvalue weighted by Gasteiger charge is -2.40. The summed E-state index contributed by atoms with van der Waals surface area (Å²) in [6.45, 7) is 2.47. The lowest BCUT2D eigenvalue weighted by molar-refractivity contribution is -0.0539. The molecule has 3 rings (SSSR count). The second-order valence-electron chi connectivity index (χ2n) is 6.19. The SMILES string of the molecule is N#Cc1ccc(CN2CCOC[C@@H]2[C@@H]2CCC[C@H]2O)c(F)c1. The first-order valence-electron chi connectivity index (χ1n) is 7.87. The zero-order valence-electron chi connectivity index (χ0n) is 12.5. The van der Waals surface area contributed by atoms with Crippen LogP contribution in [0.15, 0.2) is 18.2 Å². The summed E-state index contributed by atoms with van der Waals surface area (Å²) in [5, 5.41) is 19.0. The molecule has 0 spiro atoms. The molecule has 1 saturated carbocycles. The van der Waals surface area contributed by atoms with Crippen LogP contribution in [0.3, 0.4) is 0 Å². The van der Waals surface area contributed by atoms with Gasteiger partial charge in [-0.25, -0.2) is 4.39 Å². The zero-order valence-corrected chi connectivity index (χ0v) is 12.5. The molecule has 3 atom stereocenters. The van der Waals surface area contributed by atoms with Gasteiger partial charge < -0.3 is 9.84 Å². The summed E-state index contributed by atoms with van der Waals surface area (Å²) in [7, 11) is 0. The van der Waals surface area contributed by atoms with Crippen LogP contribution in [-0.4, -0.2) is 41.9 Å². The van der Waals surface area contributed by atoms with Crippen LogP contribution in [0, 0.1) is 23.1 Å². The third kappa shape index (κ3) is 3.14. The molecule has 2 aliphatic rings. The van der Waals surface area contributed by atoms with Crippen molar-refractivity contribution in [2.24, 2.45) is 5.92 Å². The van der Waals surface area contributed by atoms with Gasteiger partial charge in [0.25, 0.3) is 0 Å². The lowest BCUT2D eigenvalue weighted by Crippen LogP contribution is -2.50. The van der Waals surface area contributed by atoms with Crippen molar-refractivity contribution < 1.29 is 14.2 Å². The number of aliphatic hydroxyl groups excluding tert-OH is 1. The summed E-state index contributed by atoms with van der Waals surface area (Å²) >= 11 is 0. The van der Waals surface area contributed by atoms with Crippen LogP contribution in [0.4, 0.5) is 4.39 Å². The quantitative estimate of drug-likeness (QED) is 0.928. The number of morpholine rings is 1. The number of nitriles is 1. The van der Waals surface area contributed by atoms with Crippen molar-refractivity contribution in [1.29, 1.82) is 5.26 Å². The summed E-state index contributed by atoms with van der Waals surface area (Å²) < 4.78 is 19.7. The molecule has 1 heterocycles. The number of halogens is 1. The van der Waals surface area contributed by atoms with Gasteiger partial charge in [0.05, 0.1) is 31.0 Å². The molecule has 5 heteroatoms. The lowest BCUT2D eigenvalue weighted by atomic mass is 9.94. The highest BCUT2D eigenvalue weighted by molar-refractivity contribution is 5.32. The molecule has 1 aliphatic carbocycles. The molecule has 1 saturated heterocycles. The monoisotopic (exact) mass is 304 g/mol. The normalized spacial score (nSPS) is 29.4. The molecule has 22 heavy (non-hydrogen) atoms. The maximum absolute atomic E-state index is 14.1. The minimum absolute atomic E-state index is 0.140. The third-order valence-corrected chi connectivity index (χ3v) is 4.86. The highest BCUT2D eigenvalue weighted by Crippen LogP contribution is 2.33. The van der Waals surface area contributed by atoms with E-state index in [1.54, 1.807) is 12.1 Å². The molecule has 0 unspecified atom stereocenters. The first-order valence-corrected chi connectivity index (χ1v) is 7.87. The summed E-state index contributed by atoms with van der Waals surface area (Å²) in [6.07, 6.45) is 2.61. The fourth-order valence-electron chi connectivity index (χ4n) is 3.63. The molecule has 1 aromatic carbocycles. The maximum atomic E-state index is 14.1. The van der Waals surface area contributed by atoms with E-state index in [1.807, 2.05) is 6.07 Å². The van der Waals surface area contributed by atoms with Gasteiger partial charge in [-0.3, -0.25) is 4.90 Å². The largest absolute Gasteiger partial charge is 0.393 e. The molecule has 4 nitrogen and oxygen atoms in total. The Kier molecular flexibility index (Phi) is 4.72. The molecule has 1 aliphatic heterocycles. The smallest absolute Gasteiger partial charge is 0.129 e. The van der Waals surface area contributed by atoms with E-state index in [2.05, 4.69) is 4.90 Å². The molecule has 0 bridgehead atoms. The molecule has 0 radical (unpaired) electrons. The van der Waals surface area contributed by atoms with Gasteiger partial charge in [-0.15, -0.1) is 0 Å². The van der Waals surface area contributed by atoms with Crippen molar-refractivity contribution in [3.05, 3.63) is 35.1 Å². The Hall–Kier alpha value is -1.48. The van der Waals surface area contributed by atoms with Crippen LogP contribution in [0.5, 0.6) is 0 Å². The van der Waals surface area contributed by atoms with Gasteiger partial charge >= 0.3 is 0 Å². The number of aliphatic hydroxyl groups is 1. The van der Waals surface area contributed by atoms with Gasteiger partial charge in [-0.2, -0.15) is 5.26 Å². The van der Waals surface area contributed by atoms with Gasteiger partial charge in [-0.05, 0) is 25.0 Å². The van der Waals surface area contributed by atoms with Gasteiger partial charge in [0.2, 0.25) is 0 Å². The highest BCUT2D eigenvalue weighted by atomic mass is 19.1. The molecule has 2 fully saturated rings. The molecule has 0 amide bonds. The number of benzene rings is 1. The van der Waals surface area contributed by atoms with E-state index in [1.165, 1.54) is 6.07 Å². The van der Waals surface area contributed by atoms with Gasteiger partial charge in [0.1, 0.15) is 5.82 Å². The molecular weight excluding hydrogens is 283 g/mol. The van der Waals surface area contributed by atoms with E-state index in [-0.39, 0.29) is 23.9 Å². The topological polar surface area (TPSA) is 56.5 Å². The predicted octanol–water partition coefficient (Wildman–Crippen LogP) is 2.06. The first kappa shape index (κ1) is 15.4. The Morgan fingerprint density at radius 3 is 2.95 bits per heavy atom. The molecule has 0 aromatic heterocycles. The van der Waals surface area contributed by atoms with E-state index < -0.39 is 0 Å². The highest BCUT2D eigenvalue weighted by Gasteiger charge is 2.37. The number of rotatable bonds is 3. The van der Waals surface area contributed by atoms with Crippen LogP contribution in [-0.2, 0) is 11.3 Å². The number of nitrogens with zero attached hydrogens (tertiary/aromatic N) is 2. The average molecular weight is 304 g/mol. The summed E-state index contributed by atoms with van der Waals surface area (Å²) in [4.78, 5) is 2.22. The van der Waals surface area contributed by atoms with Crippen LogP contribution in [0.25, 0.3) is 0 Å². The Morgan fingerprint density at radius 2 is 2.27 bits per heavy atom. The summed E-state index contributed by atoms with van der Waals surface area (Å²) in [5.74, 6) is -0.127. The van der Waals surface area contributed by atoms with E-state index in [9.17, 15) is 9.50 Å². The van der Waals surface area contributed by atoms with Gasteiger partial charge in [0.15, 0.2) is 0 Å².